The van der Waals surface area contributed by atoms with Crippen molar-refractivity contribution in [2.75, 3.05) is 18.1 Å². The molecule has 0 radical (unpaired) electrons. The van der Waals surface area contributed by atoms with Crippen molar-refractivity contribution >= 4 is 21.6 Å². The molecular formula is C9H16N4O4S. The quantitative estimate of drug-likeness (QED) is 0.738. The smallest absolute Gasteiger partial charge is 0.321 e. The minimum Gasteiger partial charge on any atom is -0.465 e. The lowest BCUT2D eigenvalue weighted by Crippen LogP contribution is -2.20. The highest BCUT2D eigenvalue weighted by molar-refractivity contribution is 7.92. The lowest BCUT2D eigenvalue weighted by molar-refractivity contribution is -0.139. The number of rotatable bonds is 5. The number of ether oxygens (including phenoxy) is 1. The van der Waals surface area contributed by atoms with Crippen molar-refractivity contribution in [3.63, 3.8) is 0 Å². The largest absolute Gasteiger partial charge is 0.465 e. The van der Waals surface area contributed by atoms with Gasteiger partial charge in [0.05, 0.1) is 12.6 Å². The Morgan fingerprint density at radius 2 is 2.11 bits per heavy atom. The molecule has 2 N–H and O–H groups in total. The molecule has 18 heavy (non-hydrogen) atoms. The van der Waals surface area contributed by atoms with E-state index in [4.69, 9.17) is 5.73 Å². The van der Waals surface area contributed by atoms with Crippen molar-refractivity contribution < 1.29 is 17.9 Å². The summed E-state index contributed by atoms with van der Waals surface area (Å²) in [6.45, 7) is 5.27. The zero-order valence-corrected chi connectivity index (χ0v) is 11.3. The monoisotopic (exact) mass is 276 g/mol. The highest BCUT2D eigenvalue weighted by Crippen LogP contribution is 2.19. The van der Waals surface area contributed by atoms with E-state index in [9.17, 15) is 13.2 Å². The molecule has 1 rings (SSSR count). The molecule has 0 bridgehead atoms. The third kappa shape index (κ3) is 2.97. The molecule has 0 spiro atoms. The Hall–Kier alpha value is -1.64. The van der Waals surface area contributed by atoms with Gasteiger partial charge in [0.1, 0.15) is 0 Å². The standard InChI is InChI=1S/C9H16N4O4S/c1-4-17-7(14)5-18(15,16)9-8(10)13(6(2)3)12-11-9/h6H,4-5,10H2,1-3H3. The van der Waals surface area contributed by atoms with Crippen LogP contribution in [0.15, 0.2) is 5.03 Å². The van der Waals surface area contributed by atoms with Crippen LogP contribution >= 0.6 is 0 Å². The fourth-order valence-electron chi connectivity index (χ4n) is 1.32. The fraction of sp³-hybridized carbons (Fsp3) is 0.667. The Kier molecular flexibility index (Phi) is 4.28. The molecule has 1 aromatic heterocycles. The van der Waals surface area contributed by atoms with Crippen LogP contribution in [-0.2, 0) is 19.4 Å². The molecule has 9 heteroatoms. The number of esters is 1. The normalized spacial score (nSPS) is 11.8. The van der Waals surface area contributed by atoms with Gasteiger partial charge in [-0.3, -0.25) is 4.79 Å². The Morgan fingerprint density at radius 1 is 1.50 bits per heavy atom. The second-order valence-corrected chi connectivity index (χ2v) is 5.79. The summed E-state index contributed by atoms with van der Waals surface area (Å²) >= 11 is 0. The van der Waals surface area contributed by atoms with Gasteiger partial charge in [0.15, 0.2) is 11.6 Å². The minimum absolute atomic E-state index is 0.0747. The van der Waals surface area contributed by atoms with Crippen molar-refractivity contribution in [3.05, 3.63) is 0 Å². The SMILES string of the molecule is CCOC(=O)CS(=O)(=O)c1nnn(C(C)C)c1N. The van der Waals surface area contributed by atoms with Gasteiger partial charge in [-0.15, -0.1) is 5.10 Å². The summed E-state index contributed by atoms with van der Waals surface area (Å²) in [5.74, 6) is -1.70. The molecule has 1 heterocycles. The van der Waals surface area contributed by atoms with Gasteiger partial charge < -0.3 is 10.5 Å². The molecule has 0 amide bonds. The first-order valence-electron chi connectivity index (χ1n) is 5.38. The van der Waals surface area contributed by atoms with Crippen molar-refractivity contribution in [2.24, 2.45) is 0 Å². The number of carbonyl (C=O) groups excluding carboxylic acids is 1. The van der Waals surface area contributed by atoms with Gasteiger partial charge in [0.2, 0.25) is 14.9 Å². The van der Waals surface area contributed by atoms with Crippen molar-refractivity contribution in [1.29, 1.82) is 0 Å². The predicted octanol–water partition coefficient (Wildman–Crippen LogP) is -0.222. The maximum absolute atomic E-state index is 11.9. The summed E-state index contributed by atoms with van der Waals surface area (Å²) in [6, 6.07) is -0.121. The number of hydrogen-bond acceptors (Lipinski definition) is 7. The van der Waals surface area contributed by atoms with Crippen LogP contribution in [0.25, 0.3) is 0 Å². The van der Waals surface area contributed by atoms with E-state index in [0.29, 0.717) is 0 Å². The summed E-state index contributed by atoms with van der Waals surface area (Å²) in [4.78, 5) is 11.2. The molecule has 0 aromatic carbocycles. The molecule has 0 aliphatic heterocycles. The number of hydrogen-bond donors (Lipinski definition) is 1. The molecule has 0 aliphatic carbocycles. The van der Waals surface area contributed by atoms with Gasteiger partial charge in [-0.2, -0.15) is 0 Å². The Labute approximate surface area is 105 Å². The summed E-state index contributed by atoms with van der Waals surface area (Å²) in [5.41, 5.74) is 5.65. The third-order valence-electron chi connectivity index (χ3n) is 2.09. The molecular weight excluding hydrogens is 260 g/mol. The van der Waals surface area contributed by atoms with E-state index in [0.717, 1.165) is 0 Å². The topological polar surface area (TPSA) is 117 Å². The minimum atomic E-state index is -3.92. The number of sulfone groups is 1. The maximum Gasteiger partial charge on any atom is 0.321 e. The first kappa shape index (κ1) is 14.4. The molecule has 1 aromatic rings. The van der Waals surface area contributed by atoms with E-state index in [1.165, 1.54) is 4.68 Å². The number of nitrogens with zero attached hydrogens (tertiary/aromatic N) is 3. The van der Waals surface area contributed by atoms with Crippen molar-refractivity contribution in [1.82, 2.24) is 15.0 Å². The molecule has 102 valence electrons. The number of anilines is 1. The predicted molar refractivity (Wildman–Crippen MR) is 63.5 cm³/mol. The lowest BCUT2D eigenvalue weighted by atomic mass is 10.4. The van der Waals surface area contributed by atoms with Gasteiger partial charge in [-0.1, -0.05) is 5.21 Å². The van der Waals surface area contributed by atoms with E-state index in [2.05, 4.69) is 15.0 Å². The van der Waals surface area contributed by atoms with Crippen LogP contribution in [0.1, 0.15) is 26.8 Å². The molecule has 0 saturated heterocycles. The van der Waals surface area contributed by atoms with Gasteiger partial charge >= 0.3 is 5.97 Å². The molecule has 0 atom stereocenters. The second kappa shape index (κ2) is 5.34. The Balaban J connectivity index is 3.03. The Morgan fingerprint density at radius 3 is 2.56 bits per heavy atom. The first-order valence-corrected chi connectivity index (χ1v) is 7.03. The molecule has 0 fully saturated rings. The fourth-order valence-corrected chi connectivity index (χ4v) is 2.42. The maximum atomic E-state index is 11.9. The van der Waals surface area contributed by atoms with E-state index in [1.54, 1.807) is 20.8 Å². The van der Waals surface area contributed by atoms with Gasteiger partial charge in [-0.25, -0.2) is 13.1 Å². The second-order valence-electron chi connectivity index (χ2n) is 3.88. The lowest BCUT2D eigenvalue weighted by Gasteiger charge is -2.06. The van der Waals surface area contributed by atoms with Crippen LogP contribution in [0.4, 0.5) is 5.82 Å². The van der Waals surface area contributed by atoms with Crippen LogP contribution in [-0.4, -0.2) is 41.7 Å². The zero-order valence-electron chi connectivity index (χ0n) is 10.5. The van der Waals surface area contributed by atoms with Gasteiger partial charge in [0.25, 0.3) is 0 Å². The molecule has 0 aliphatic rings. The van der Waals surface area contributed by atoms with Crippen LogP contribution < -0.4 is 5.73 Å². The summed E-state index contributed by atoms with van der Waals surface area (Å²) in [7, 11) is -3.92. The van der Waals surface area contributed by atoms with Crippen molar-refractivity contribution in [3.8, 4) is 0 Å². The average molecular weight is 276 g/mol. The molecule has 8 nitrogen and oxygen atoms in total. The molecule has 0 saturated carbocycles. The zero-order chi connectivity index (χ0) is 13.9. The van der Waals surface area contributed by atoms with E-state index < -0.39 is 21.6 Å². The van der Waals surface area contributed by atoms with E-state index in [-0.39, 0.29) is 23.5 Å². The van der Waals surface area contributed by atoms with Gasteiger partial charge in [0, 0.05) is 0 Å². The highest BCUT2D eigenvalue weighted by atomic mass is 32.2. The van der Waals surface area contributed by atoms with Crippen LogP contribution in [0.2, 0.25) is 0 Å². The Bertz CT molecular complexity index is 535. The number of nitrogens with two attached hydrogens (primary N) is 1. The van der Waals surface area contributed by atoms with Crippen LogP contribution in [0, 0.1) is 0 Å². The average Bonchev–Trinajstić information content (AvgIpc) is 2.60. The van der Waals surface area contributed by atoms with Crippen LogP contribution in [0.3, 0.4) is 0 Å². The van der Waals surface area contributed by atoms with Gasteiger partial charge in [-0.05, 0) is 20.8 Å². The third-order valence-corrected chi connectivity index (χ3v) is 3.59. The summed E-state index contributed by atoms with van der Waals surface area (Å²) in [5, 5.41) is 6.77. The van der Waals surface area contributed by atoms with Crippen molar-refractivity contribution in [2.45, 2.75) is 31.8 Å². The van der Waals surface area contributed by atoms with E-state index in [1.807, 2.05) is 0 Å². The first-order chi connectivity index (χ1) is 8.29. The summed E-state index contributed by atoms with van der Waals surface area (Å²) in [6.07, 6.45) is 0. The number of aromatic nitrogens is 3. The van der Waals surface area contributed by atoms with Crippen LogP contribution in [0.5, 0.6) is 0 Å². The number of carbonyl (C=O) groups is 1. The molecule has 0 unspecified atom stereocenters. The highest BCUT2D eigenvalue weighted by Gasteiger charge is 2.28. The summed E-state index contributed by atoms with van der Waals surface area (Å²) < 4.78 is 29.6. The van der Waals surface area contributed by atoms with E-state index >= 15 is 0 Å². The number of nitrogen functional groups attached to an aromatic ring is 1.